The molecule has 2 rings (SSSR count). The summed E-state index contributed by atoms with van der Waals surface area (Å²) in [7, 11) is 6.23. The number of hydrogen-bond acceptors (Lipinski definition) is 0. The lowest BCUT2D eigenvalue weighted by molar-refractivity contribution is 0.0501. The van der Waals surface area contributed by atoms with Crippen molar-refractivity contribution < 1.29 is 0 Å². The van der Waals surface area contributed by atoms with E-state index in [1.54, 1.807) is 0 Å². The first-order chi connectivity index (χ1) is 5.93. The Kier molecular flexibility index (Phi) is 2.05. The van der Waals surface area contributed by atoms with Crippen molar-refractivity contribution in [1.29, 1.82) is 0 Å². The molecule has 2 aliphatic carbocycles. The maximum Gasteiger partial charge on any atom is 0.0742 e. The Bertz CT molecular complexity index is 203. The molecular weight excluding hydrogens is 155 g/mol. The summed E-state index contributed by atoms with van der Waals surface area (Å²) in [5.74, 6) is 1.75. The van der Waals surface area contributed by atoms with Crippen LogP contribution in [0.3, 0.4) is 0 Å². The molecule has 0 aliphatic heterocycles. The standard InChI is InChI=1S/C12H21B/c1-9-7-12(3,13)8-10(9)11(2)5-4-6-11/h9-10H,4-8H2,1-3H3. The van der Waals surface area contributed by atoms with Crippen molar-refractivity contribution in [3.63, 3.8) is 0 Å². The summed E-state index contributed by atoms with van der Waals surface area (Å²) in [5, 5.41) is 0.128. The average molecular weight is 176 g/mol. The van der Waals surface area contributed by atoms with Crippen LogP contribution in [-0.4, -0.2) is 7.85 Å². The fourth-order valence-electron chi connectivity index (χ4n) is 3.70. The Morgan fingerprint density at radius 3 is 2.08 bits per heavy atom. The molecule has 0 saturated heterocycles. The maximum absolute atomic E-state index is 6.23. The van der Waals surface area contributed by atoms with Crippen LogP contribution in [0, 0.1) is 17.3 Å². The third kappa shape index (κ3) is 1.55. The summed E-state index contributed by atoms with van der Waals surface area (Å²) < 4.78 is 0. The summed E-state index contributed by atoms with van der Waals surface area (Å²) in [6.07, 6.45) is 6.81. The zero-order valence-corrected chi connectivity index (χ0v) is 9.27. The van der Waals surface area contributed by atoms with Gasteiger partial charge in [-0.25, -0.2) is 0 Å². The van der Waals surface area contributed by atoms with Gasteiger partial charge in [0, 0.05) is 0 Å². The van der Waals surface area contributed by atoms with Crippen LogP contribution >= 0.6 is 0 Å². The van der Waals surface area contributed by atoms with Gasteiger partial charge in [0.1, 0.15) is 0 Å². The van der Waals surface area contributed by atoms with Crippen molar-refractivity contribution in [3.05, 3.63) is 0 Å². The molecule has 13 heavy (non-hydrogen) atoms. The van der Waals surface area contributed by atoms with Gasteiger partial charge in [0.25, 0.3) is 0 Å². The van der Waals surface area contributed by atoms with Gasteiger partial charge in [-0.05, 0) is 30.1 Å². The molecule has 3 unspecified atom stereocenters. The van der Waals surface area contributed by atoms with Crippen LogP contribution in [0.2, 0.25) is 5.31 Å². The Balaban J connectivity index is 2.08. The van der Waals surface area contributed by atoms with Crippen molar-refractivity contribution in [3.8, 4) is 0 Å². The molecule has 0 nitrogen and oxygen atoms in total. The van der Waals surface area contributed by atoms with Gasteiger partial charge in [-0.15, -0.1) is 0 Å². The lowest BCUT2D eigenvalue weighted by Gasteiger charge is -2.46. The molecule has 2 fully saturated rings. The van der Waals surface area contributed by atoms with E-state index in [0.29, 0.717) is 5.41 Å². The SMILES string of the molecule is [B]C1(C)CC(C)C(C2(C)CCC2)C1. The molecule has 1 heteroatoms. The largest absolute Gasteiger partial charge is 0.0742 e. The Morgan fingerprint density at radius 1 is 1.15 bits per heavy atom. The third-order valence-corrected chi connectivity index (χ3v) is 4.55. The van der Waals surface area contributed by atoms with Crippen LogP contribution in [0.15, 0.2) is 0 Å². The van der Waals surface area contributed by atoms with Gasteiger partial charge in [0.15, 0.2) is 0 Å². The topological polar surface area (TPSA) is 0 Å². The molecule has 0 N–H and O–H groups in total. The van der Waals surface area contributed by atoms with E-state index in [2.05, 4.69) is 20.8 Å². The van der Waals surface area contributed by atoms with Gasteiger partial charge >= 0.3 is 0 Å². The Labute approximate surface area is 83.9 Å². The zero-order valence-electron chi connectivity index (χ0n) is 9.27. The minimum absolute atomic E-state index is 0.128. The minimum atomic E-state index is 0.128. The molecular formula is C12H21B. The molecule has 0 aromatic rings. The summed E-state index contributed by atoms with van der Waals surface area (Å²) in [6, 6.07) is 0. The fraction of sp³-hybridized carbons (Fsp3) is 1.00. The normalized spacial score (nSPS) is 48.8. The van der Waals surface area contributed by atoms with Gasteiger partial charge in [-0.3, -0.25) is 0 Å². The molecule has 0 spiro atoms. The van der Waals surface area contributed by atoms with Crippen LogP contribution in [0.25, 0.3) is 0 Å². The zero-order chi connectivity index (χ0) is 9.69. The van der Waals surface area contributed by atoms with Crippen molar-refractivity contribution >= 4 is 7.85 Å². The molecule has 0 heterocycles. The Morgan fingerprint density at radius 2 is 1.77 bits per heavy atom. The first-order valence-corrected chi connectivity index (χ1v) is 5.72. The van der Waals surface area contributed by atoms with Crippen LogP contribution in [0.4, 0.5) is 0 Å². The van der Waals surface area contributed by atoms with E-state index in [1.807, 2.05) is 0 Å². The van der Waals surface area contributed by atoms with E-state index in [-0.39, 0.29) is 5.31 Å². The molecule has 2 aliphatic rings. The molecule has 0 amide bonds. The quantitative estimate of drug-likeness (QED) is 0.535. The van der Waals surface area contributed by atoms with Crippen LogP contribution in [-0.2, 0) is 0 Å². The van der Waals surface area contributed by atoms with Crippen LogP contribution < -0.4 is 0 Å². The second-order valence-electron chi connectivity index (χ2n) is 6.15. The Hall–Kier alpha value is 0.0649. The highest BCUT2D eigenvalue weighted by molar-refractivity contribution is 6.15. The lowest BCUT2D eigenvalue weighted by Crippen LogP contribution is -2.35. The summed E-state index contributed by atoms with van der Waals surface area (Å²) in [6.45, 7) is 7.09. The highest BCUT2D eigenvalue weighted by Crippen LogP contribution is 2.60. The average Bonchev–Trinajstić information content (AvgIpc) is 2.20. The van der Waals surface area contributed by atoms with Gasteiger partial charge in [-0.1, -0.05) is 45.3 Å². The third-order valence-electron chi connectivity index (χ3n) is 4.55. The van der Waals surface area contributed by atoms with Crippen molar-refractivity contribution in [1.82, 2.24) is 0 Å². The van der Waals surface area contributed by atoms with Gasteiger partial charge < -0.3 is 0 Å². The second-order valence-corrected chi connectivity index (χ2v) is 6.15. The van der Waals surface area contributed by atoms with Gasteiger partial charge in [-0.2, -0.15) is 0 Å². The minimum Gasteiger partial charge on any atom is -0.0683 e. The van der Waals surface area contributed by atoms with E-state index in [9.17, 15) is 0 Å². The molecule has 0 bridgehead atoms. The van der Waals surface area contributed by atoms with Crippen LogP contribution in [0.5, 0.6) is 0 Å². The van der Waals surface area contributed by atoms with Crippen molar-refractivity contribution in [2.75, 3.05) is 0 Å². The predicted molar refractivity (Wildman–Crippen MR) is 58.0 cm³/mol. The summed E-state index contributed by atoms with van der Waals surface area (Å²) >= 11 is 0. The monoisotopic (exact) mass is 176 g/mol. The van der Waals surface area contributed by atoms with Crippen molar-refractivity contribution in [2.45, 2.75) is 58.2 Å². The fourth-order valence-corrected chi connectivity index (χ4v) is 3.70. The molecule has 0 aromatic heterocycles. The molecule has 72 valence electrons. The first kappa shape index (κ1) is 9.61. The second kappa shape index (κ2) is 2.78. The van der Waals surface area contributed by atoms with E-state index in [4.69, 9.17) is 7.85 Å². The van der Waals surface area contributed by atoms with E-state index < -0.39 is 0 Å². The van der Waals surface area contributed by atoms with E-state index in [0.717, 1.165) is 11.8 Å². The summed E-state index contributed by atoms with van der Waals surface area (Å²) in [5.41, 5.74) is 0.649. The highest BCUT2D eigenvalue weighted by Gasteiger charge is 2.48. The predicted octanol–water partition coefficient (Wildman–Crippen LogP) is 3.57. The molecule has 2 saturated carbocycles. The molecule has 0 aromatic carbocycles. The summed E-state index contributed by atoms with van der Waals surface area (Å²) in [4.78, 5) is 0. The number of hydrogen-bond donors (Lipinski definition) is 0. The molecule has 3 atom stereocenters. The maximum atomic E-state index is 6.23. The van der Waals surface area contributed by atoms with E-state index in [1.165, 1.54) is 32.1 Å². The molecule has 2 radical (unpaired) electrons. The van der Waals surface area contributed by atoms with Gasteiger partial charge in [0.05, 0.1) is 7.85 Å². The van der Waals surface area contributed by atoms with Crippen molar-refractivity contribution in [2.24, 2.45) is 17.3 Å². The van der Waals surface area contributed by atoms with E-state index >= 15 is 0 Å². The van der Waals surface area contributed by atoms with Gasteiger partial charge in [0.2, 0.25) is 0 Å². The first-order valence-electron chi connectivity index (χ1n) is 5.72. The lowest BCUT2D eigenvalue weighted by atomic mass is 9.59. The van der Waals surface area contributed by atoms with Crippen LogP contribution in [0.1, 0.15) is 52.9 Å². The highest BCUT2D eigenvalue weighted by atomic mass is 14.5. The number of rotatable bonds is 1. The smallest absolute Gasteiger partial charge is 0.0683 e.